The van der Waals surface area contributed by atoms with Gasteiger partial charge >= 0.3 is 0 Å². The van der Waals surface area contributed by atoms with Crippen LogP contribution in [0.3, 0.4) is 0 Å². The Kier molecular flexibility index (Phi) is 3.53. The SMILES string of the molecule is Cc1nc(C(NN)c2sccc2Br)cs1. The molecule has 0 fully saturated rings. The fraction of sp³-hybridized carbons (Fsp3) is 0.222. The quantitative estimate of drug-likeness (QED) is 0.677. The molecular formula is C9H10BrN3S2. The number of nitrogens with zero attached hydrogens (tertiary/aromatic N) is 1. The Balaban J connectivity index is 2.36. The Hall–Kier alpha value is -0.270. The Labute approximate surface area is 104 Å². The van der Waals surface area contributed by atoms with Crippen molar-refractivity contribution in [3.63, 3.8) is 0 Å². The van der Waals surface area contributed by atoms with Crippen LogP contribution < -0.4 is 11.3 Å². The fourth-order valence-electron chi connectivity index (χ4n) is 1.32. The molecule has 0 saturated heterocycles. The van der Waals surface area contributed by atoms with Gasteiger partial charge < -0.3 is 0 Å². The number of thiazole rings is 1. The zero-order chi connectivity index (χ0) is 10.8. The first-order valence-electron chi connectivity index (χ1n) is 4.33. The number of thiophene rings is 1. The molecule has 0 aromatic carbocycles. The van der Waals surface area contributed by atoms with E-state index < -0.39 is 0 Å². The number of halogens is 1. The minimum Gasteiger partial charge on any atom is -0.270 e. The van der Waals surface area contributed by atoms with Gasteiger partial charge in [0.15, 0.2) is 0 Å². The Morgan fingerprint density at radius 2 is 2.33 bits per heavy atom. The monoisotopic (exact) mass is 303 g/mol. The van der Waals surface area contributed by atoms with Crippen LogP contribution in [-0.4, -0.2) is 4.98 Å². The van der Waals surface area contributed by atoms with Crippen molar-refractivity contribution in [3.8, 4) is 0 Å². The average molecular weight is 304 g/mol. The van der Waals surface area contributed by atoms with E-state index in [1.165, 1.54) is 0 Å². The van der Waals surface area contributed by atoms with E-state index in [9.17, 15) is 0 Å². The van der Waals surface area contributed by atoms with Gasteiger partial charge in [-0.05, 0) is 34.3 Å². The van der Waals surface area contributed by atoms with Gasteiger partial charge in [-0.25, -0.2) is 10.4 Å². The molecule has 2 rings (SSSR count). The molecule has 0 radical (unpaired) electrons. The lowest BCUT2D eigenvalue weighted by atomic mass is 10.2. The van der Waals surface area contributed by atoms with Crippen LogP contribution in [0.1, 0.15) is 21.6 Å². The van der Waals surface area contributed by atoms with Gasteiger partial charge in [0.2, 0.25) is 0 Å². The first kappa shape index (κ1) is 11.2. The average Bonchev–Trinajstić information content (AvgIpc) is 2.79. The molecule has 1 atom stereocenters. The van der Waals surface area contributed by atoms with Crippen molar-refractivity contribution in [2.45, 2.75) is 13.0 Å². The van der Waals surface area contributed by atoms with Crippen molar-refractivity contribution in [1.82, 2.24) is 10.4 Å². The van der Waals surface area contributed by atoms with E-state index in [1.807, 2.05) is 23.8 Å². The topological polar surface area (TPSA) is 50.9 Å². The number of nitrogens with one attached hydrogen (secondary N) is 1. The van der Waals surface area contributed by atoms with Gasteiger partial charge in [0.25, 0.3) is 0 Å². The van der Waals surface area contributed by atoms with Crippen LogP contribution in [0, 0.1) is 6.92 Å². The Morgan fingerprint density at radius 3 is 2.80 bits per heavy atom. The maximum absolute atomic E-state index is 5.57. The van der Waals surface area contributed by atoms with Gasteiger partial charge in [0, 0.05) is 14.7 Å². The van der Waals surface area contributed by atoms with Gasteiger partial charge in [-0.2, -0.15) is 0 Å². The molecule has 0 aliphatic rings. The third-order valence-corrected chi connectivity index (χ3v) is 4.73. The minimum absolute atomic E-state index is 0.0238. The Morgan fingerprint density at radius 1 is 1.53 bits per heavy atom. The first-order valence-corrected chi connectivity index (χ1v) is 6.88. The van der Waals surface area contributed by atoms with Crippen molar-refractivity contribution in [2.75, 3.05) is 0 Å². The van der Waals surface area contributed by atoms with Crippen LogP contribution in [-0.2, 0) is 0 Å². The van der Waals surface area contributed by atoms with Crippen LogP contribution >= 0.6 is 38.6 Å². The number of hydrazine groups is 1. The number of hydrogen-bond donors (Lipinski definition) is 2. The largest absolute Gasteiger partial charge is 0.270 e. The molecule has 0 saturated carbocycles. The van der Waals surface area contributed by atoms with E-state index in [2.05, 4.69) is 26.3 Å². The van der Waals surface area contributed by atoms with Gasteiger partial charge in [0.05, 0.1) is 16.7 Å². The molecule has 2 aromatic heterocycles. The fourth-order valence-corrected chi connectivity index (χ4v) is 3.63. The summed E-state index contributed by atoms with van der Waals surface area (Å²) in [6, 6.07) is 1.99. The second kappa shape index (κ2) is 4.71. The van der Waals surface area contributed by atoms with E-state index in [1.54, 1.807) is 22.7 Å². The minimum atomic E-state index is -0.0238. The molecule has 80 valence electrons. The molecule has 0 aliphatic heterocycles. The third-order valence-electron chi connectivity index (χ3n) is 2.01. The number of nitrogens with two attached hydrogens (primary N) is 1. The molecule has 15 heavy (non-hydrogen) atoms. The van der Waals surface area contributed by atoms with Crippen molar-refractivity contribution in [1.29, 1.82) is 0 Å². The number of rotatable bonds is 3. The molecule has 2 heterocycles. The van der Waals surface area contributed by atoms with Crippen LogP contribution in [0.4, 0.5) is 0 Å². The molecule has 3 N–H and O–H groups in total. The highest BCUT2D eigenvalue weighted by molar-refractivity contribution is 9.10. The zero-order valence-corrected chi connectivity index (χ0v) is 11.2. The molecule has 0 bridgehead atoms. The first-order chi connectivity index (χ1) is 7.22. The number of aryl methyl sites for hydroxylation is 1. The number of hydrogen-bond acceptors (Lipinski definition) is 5. The lowest BCUT2D eigenvalue weighted by Crippen LogP contribution is -2.28. The molecule has 0 spiro atoms. The lowest BCUT2D eigenvalue weighted by molar-refractivity contribution is 0.630. The van der Waals surface area contributed by atoms with Crippen molar-refractivity contribution < 1.29 is 0 Å². The highest BCUT2D eigenvalue weighted by atomic mass is 79.9. The summed E-state index contributed by atoms with van der Waals surface area (Å²) in [4.78, 5) is 5.60. The van der Waals surface area contributed by atoms with Crippen molar-refractivity contribution >= 4 is 38.6 Å². The standard InChI is InChI=1S/C9H10BrN3S2/c1-5-12-7(4-15-5)8(13-11)9-6(10)2-3-14-9/h2-4,8,13H,11H2,1H3. The summed E-state index contributed by atoms with van der Waals surface area (Å²) < 4.78 is 1.07. The maximum Gasteiger partial charge on any atom is 0.0993 e. The second-order valence-corrected chi connectivity index (χ2v) is 5.89. The normalized spacial score (nSPS) is 13.0. The summed E-state index contributed by atoms with van der Waals surface area (Å²) >= 11 is 6.80. The highest BCUT2D eigenvalue weighted by Crippen LogP contribution is 2.32. The van der Waals surface area contributed by atoms with Gasteiger partial charge in [-0.1, -0.05) is 0 Å². The maximum atomic E-state index is 5.57. The van der Waals surface area contributed by atoms with Crippen molar-refractivity contribution in [2.24, 2.45) is 5.84 Å². The molecule has 1 unspecified atom stereocenters. The highest BCUT2D eigenvalue weighted by Gasteiger charge is 2.18. The van der Waals surface area contributed by atoms with Crippen LogP contribution in [0.5, 0.6) is 0 Å². The molecule has 0 amide bonds. The van der Waals surface area contributed by atoms with E-state index >= 15 is 0 Å². The summed E-state index contributed by atoms with van der Waals surface area (Å²) in [5.41, 5.74) is 3.77. The van der Waals surface area contributed by atoms with E-state index in [0.717, 1.165) is 20.1 Å². The summed E-state index contributed by atoms with van der Waals surface area (Å²) in [6.45, 7) is 1.99. The van der Waals surface area contributed by atoms with E-state index in [0.29, 0.717) is 0 Å². The smallest absolute Gasteiger partial charge is 0.0993 e. The van der Waals surface area contributed by atoms with E-state index in [4.69, 9.17) is 5.84 Å². The van der Waals surface area contributed by atoms with E-state index in [-0.39, 0.29) is 6.04 Å². The lowest BCUT2D eigenvalue weighted by Gasteiger charge is -2.12. The van der Waals surface area contributed by atoms with Gasteiger partial charge in [0.1, 0.15) is 0 Å². The Bertz CT molecular complexity index is 452. The molecule has 3 nitrogen and oxygen atoms in total. The van der Waals surface area contributed by atoms with Crippen LogP contribution in [0.25, 0.3) is 0 Å². The van der Waals surface area contributed by atoms with Crippen molar-refractivity contribution in [3.05, 3.63) is 36.9 Å². The second-order valence-electron chi connectivity index (χ2n) is 3.02. The summed E-state index contributed by atoms with van der Waals surface area (Å²) in [7, 11) is 0. The third kappa shape index (κ3) is 2.29. The molecular weight excluding hydrogens is 294 g/mol. The summed E-state index contributed by atoms with van der Waals surface area (Å²) in [5.74, 6) is 5.57. The molecule has 0 aliphatic carbocycles. The summed E-state index contributed by atoms with van der Waals surface area (Å²) in [6.07, 6.45) is 0. The van der Waals surface area contributed by atoms with Crippen LogP contribution in [0.2, 0.25) is 0 Å². The molecule has 2 aromatic rings. The van der Waals surface area contributed by atoms with Gasteiger partial charge in [-0.3, -0.25) is 5.84 Å². The van der Waals surface area contributed by atoms with Gasteiger partial charge in [-0.15, -0.1) is 22.7 Å². The molecule has 6 heteroatoms. The summed E-state index contributed by atoms with van der Waals surface area (Å²) in [5, 5.41) is 5.12. The predicted molar refractivity (Wildman–Crippen MR) is 68.0 cm³/mol. The zero-order valence-electron chi connectivity index (χ0n) is 8.03. The van der Waals surface area contributed by atoms with Crippen LogP contribution in [0.15, 0.2) is 21.3 Å². The number of aromatic nitrogens is 1. The predicted octanol–water partition coefficient (Wildman–Crippen LogP) is 2.83.